The van der Waals surface area contributed by atoms with Gasteiger partial charge < -0.3 is 15.8 Å². The fraction of sp³-hybridized carbons (Fsp3) is 0.889. The zero-order chi connectivity index (χ0) is 10.6. The summed E-state index contributed by atoms with van der Waals surface area (Å²) in [7, 11) is 0. The fourth-order valence-electron chi connectivity index (χ4n) is 1.59. The van der Waals surface area contributed by atoms with E-state index in [0.717, 1.165) is 6.42 Å². The fourth-order valence-corrected chi connectivity index (χ4v) is 1.93. The van der Waals surface area contributed by atoms with Gasteiger partial charge in [-0.15, -0.1) is 0 Å². The first-order chi connectivity index (χ1) is 6.69. The Balaban J connectivity index is 2.30. The van der Waals surface area contributed by atoms with Crippen molar-refractivity contribution in [3.8, 4) is 0 Å². The van der Waals surface area contributed by atoms with Gasteiger partial charge >= 0.3 is 0 Å². The normalized spacial score (nSPS) is 30.9. The number of rotatable bonds is 5. The lowest BCUT2D eigenvalue weighted by molar-refractivity contribution is -0.123. The highest BCUT2D eigenvalue weighted by Crippen LogP contribution is 2.22. The predicted molar refractivity (Wildman–Crippen MR) is 58.3 cm³/mol. The molecule has 82 valence electrons. The van der Waals surface area contributed by atoms with Crippen molar-refractivity contribution in [2.24, 2.45) is 5.73 Å². The molecule has 1 aliphatic carbocycles. The van der Waals surface area contributed by atoms with E-state index in [9.17, 15) is 4.79 Å². The third kappa shape index (κ3) is 2.87. The number of amides is 1. The van der Waals surface area contributed by atoms with E-state index in [2.05, 4.69) is 5.32 Å². The summed E-state index contributed by atoms with van der Waals surface area (Å²) in [6.45, 7) is 2.62. The Kier molecular flexibility index (Phi) is 4.71. The molecular formula is C9H18N2O2S. The highest BCUT2D eigenvalue weighted by molar-refractivity contribution is 7.99. The maximum absolute atomic E-state index is 11.3. The lowest BCUT2D eigenvalue weighted by Crippen LogP contribution is -2.65. The molecule has 0 aromatic heterocycles. The Labute approximate surface area is 88.9 Å². The molecule has 1 rings (SSSR count). The molecule has 0 aliphatic heterocycles. The quantitative estimate of drug-likeness (QED) is 0.680. The molecule has 0 aromatic rings. The van der Waals surface area contributed by atoms with Crippen molar-refractivity contribution in [1.82, 2.24) is 5.32 Å². The minimum atomic E-state index is 0.00889. The van der Waals surface area contributed by atoms with Crippen LogP contribution in [0.5, 0.6) is 0 Å². The Hall–Kier alpha value is -0.260. The SMILES string of the molecule is CCOC1CC(N)C1NC(=O)CSC. The van der Waals surface area contributed by atoms with Crippen molar-refractivity contribution >= 4 is 17.7 Å². The number of nitrogens with two attached hydrogens (primary N) is 1. The second-order valence-corrected chi connectivity index (χ2v) is 4.29. The summed E-state index contributed by atoms with van der Waals surface area (Å²) in [5.41, 5.74) is 5.79. The van der Waals surface area contributed by atoms with Gasteiger partial charge in [0.05, 0.1) is 17.9 Å². The number of thioether (sulfide) groups is 1. The first-order valence-electron chi connectivity index (χ1n) is 4.84. The van der Waals surface area contributed by atoms with Crippen molar-refractivity contribution < 1.29 is 9.53 Å². The van der Waals surface area contributed by atoms with Crippen LogP contribution < -0.4 is 11.1 Å². The molecule has 14 heavy (non-hydrogen) atoms. The Bertz CT molecular complexity index is 199. The molecule has 1 fully saturated rings. The standard InChI is InChI=1S/C9H18N2O2S/c1-3-13-7-4-6(10)9(7)11-8(12)5-14-2/h6-7,9H,3-5,10H2,1-2H3,(H,11,12). The first-order valence-corrected chi connectivity index (χ1v) is 6.24. The van der Waals surface area contributed by atoms with Crippen LogP contribution in [0.25, 0.3) is 0 Å². The van der Waals surface area contributed by atoms with Gasteiger partial charge in [0, 0.05) is 12.6 Å². The van der Waals surface area contributed by atoms with Crippen LogP contribution in [0.15, 0.2) is 0 Å². The third-order valence-electron chi connectivity index (χ3n) is 2.35. The molecular weight excluding hydrogens is 200 g/mol. The smallest absolute Gasteiger partial charge is 0.230 e. The van der Waals surface area contributed by atoms with Gasteiger partial charge in [-0.1, -0.05) is 0 Å². The summed E-state index contributed by atoms with van der Waals surface area (Å²) >= 11 is 1.51. The molecule has 0 heterocycles. The van der Waals surface area contributed by atoms with Crippen LogP contribution in [0.2, 0.25) is 0 Å². The van der Waals surface area contributed by atoms with Crippen molar-refractivity contribution in [3.63, 3.8) is 0 Å². The van der Waals surface area contributed by atoms with E-state index >= 15 is 0 Å². The van der Waals surface area contributed by atoms with E-state index in [4.69, 9.17) is 10.5 Å². The van der Waals surface area contributed by atoms with Crippen LogP contribution in [0, 0.1) is 0 Å². The average molecular weight is 218 g/mol. The molecule has 1 amide bonds. The zero-order valence-corrected chi connectivity index (χ0v) is 9.47. The van der Waals surface area contributed by atoms with E-state index < -0.39 is 0 Å². The summed E-state index contributed by atoms with van der Waals surface area (Å²) in [6, 6.07) is 0.0620. The zero-order valence-electron chi connectivity index (χ0n) is 8.66. The highest BCUT2D eigenvalue weighted by atomic mass is 32.2. The lowest BCUT2D eigenvalue weighted by atomic mass is 9.83. The Morgan fingerprint density at radius 1 is 1.71 bits per heavy atom. The molecule has 3 atom stereocenters. The molecule has 5 heteroatoms. The van der Waals surface area contributed by atoms with Crippen LogP contribution >= 0.6 is 11.8 Å². The molecule has 0 bridgehead atoms. The molecule has 0 saturated heterocycles. The van der Waals surface area contributed by atoms with E-state index in [1.807, 2.05) is 13.2 Å². The second-order valence-electron chi connectivity index (χ2n) is 3.42. The maximum Gasteiger partial charge on any atom is 0.230 e. The number of ether oxygens (including phenoxy) is 1. The van der Waals surface area contributed by atoms with E-state index in [1.54, 1.807) is 0 Å². The van der Waals surface area contributed by atoms with Crippen molar-refractivity contribution in [2.45, 2.75) is 31.5 Å². The van der Waals surface area contributed by atoms with Crippen LogP contribution in [0.3, 0.4) is 0 Å². The maximum atomic E-state index is 11.3. The largest absolute Gasteiger partial charge is 0.376 e. The number of carbonyl (C=O) groups excluding carboxylic acids is 1. The number of nitrogens with one attached hydrogen (secondary N) is 1. The van der Waals surface area contributed by atoms with Crippen molar-refractivity contribution in [3.05, 3.63) is 0 Å². The molecule has 3 unspecified atom stereocenters. The van der Waals surface area contributed by atoms with Gasteiger partial charge in [-0.2, -0.15) is 11.8 Å². The molecule has 3 N–H and O–H groups in total. The van der Waals surface area contributed by atoms with Crippen LogP contribution in [0.1, 0.15) is 13.3 Å². The number of carbonyl (C=O) groups is 1. The number of hydrogen-bond acceptors (Lipinski definition) is 4. The summed E-state index contributed by atoms with van der Waals surface area (Å²) < 4.78 is 5.44. The summed E-state index contributed by atoms with van der Waals surface area (Å²) in [6.07, 6.45) is 2.86. The van der Waals surface area contributed by atoms with Gasteiger partial charge in [0.25, 0.3) is 0 Å². The van der Waals surface area contributed by atoms with Crippen LogP contribution in [-0.4, -0.2) is 42.7 Å². The van der Waals surface area contributed by atoms with Crippen molar-refractivity contribution in [2.75, 3.05) is 18.6 Å². The van der Waals surface area contributed by atoms with Crippen molar-refractivity contribution in [1.29, 1.82) is 0 Å². The average Bonchev–Trinajstić information content (AvgIpc) is 2.15. The predicted octanol–water partition coefficient (Wildman–Crippen LogP) is -0.0297. The molecule has 0 aromatic carbocycles. The second kappa shape index (κ2) is 5.58. The molecule has 0 spiro atoms. The van der Waals surface area contributed by atoms with Gasteiger partial charge in [0.15, 0.2) is 0 Å². The molecule has 4 nitrogen and oxygen atoms in total. The minimum absolute atomic E-state index is 0.00889. The minimum Gasteiger partial charge on any atom is -0.376 e. The molecule has 1 saturated carbocycles. The van der Waals surface area contributed by atoms with E-state index in [0.29, 0.717) is 12.4 Å². The van der Waals surface area contributed by atoms with E-state index in [-0.39, 0.29) is 24.1 Å². The molecule has 0 radical (unpaired) electrons. The Morgan fingerprint density at radius 3 is 2.93 bits per heavy atom. The van der Waals surface area contributed by atoms with Gasteiger partial charge in [-0.25, -0.2) is 0 Å². The summed E-state index contributed by atoms with van der Waals surface area (Å²) in [4.78, 5) is 11.3. The Morgan fingerprint density at radius 2 is 2.43 bits per heavy atom. The van der Waals surface area contributed by atoms with Crippen LogP contribution in [0.4, 0.5) is 0 Å². The van der Waals surface area contributed by atoms with E-state index in [1.165, 1.54) is 11.8 Å². The monoisotopic (exact) mass is 218 g/mol. The van der Waals surface area contributed by atoms with Gasteiger partial charge in [0.2, 0.25) is 5.91 Å². The highest BCUT2D eigenvalue weighted by Gasteiger charge is 2.40. The third-order valence-corrected chi connectivity index (χ3v) is 2.90. The number of hydrogen-bond donors (Lipinski definition) is 2. The lowest BCUT2D eigenvalue weighted by Gasteiger charge is -2.42. The summed E-state index contributed by atoms with van der Waals surface area (Å²) in [5, 5.41) is 2.89. The topological polar surface area (TPSA) is 64.3 Å². The van der Waals surface area contributed by atoms with Gasteiger partial charge in [-0.05, 0) is 19.6 Å². The van der Waals surface area contributed by atoms with Gasteiger partial charge in [-0.3, -0.25) is 4.79 Å². The first kappa shape index (κ1) is 11.8. The van der Waals surface area contributed by atoms with Gasteiger partial charge in [0.1, 0.15) is 0 Å². The van der Waals surface area contributed by atoms with Crippen LogP contribution in [-0.2, 0) is 9.53 Å². The molecule has 1 aliphatic rings. The summed E-state index contributed by atoms with van der Waals surface area (Å²) in [5.74, 6) is 0.532.